The lowest BCUT2D eigenvalue weighted by atomic mass is 10.2. The molecule has 0 saturated carbocycles. The molecular formula is C15H19NO4. The van der Waals surface area contributed by atoms with E-state index in [1.54, 1.807) is 19.1 Å². The molecule has 2 rings (SSSR count). The molecule has 0 aliphatic heterocycles. The first-order valence-electron chi connectivity index (χ1n) is 6.74. The maximum atomic E-state index is 11.5. The molecule has 0 atom stereocenters. The molecule has 0 amide bonds. The monoisotopic (exact) mass is 277 g/mol. The number of fused-ring (bicyclic) bond motifs is 1. The number of phenols is 1. The van der Waals surface area contributed by atoms with Crippen LogP contribution in [0.5, 0.6) is 11.5 Å². The number of hydrogen-bond acceptors (Lipinski definition) is 4. The van der Waals surface area contributed by atoms with E-state index >= 15 is 0 Å². The zero-order valence-electron chi connectivity index (χ0n) is 12.0. The van der Waals surface area contributed by atoms with Gasteiger partial charge in [-0.05, 0) is 38.5 Å². The van der Waals surface area contributed by atoms with Crippen LogP contribution in [0.4, 0.5) is 4.79 Å². The van der Waals surface area contributed by atoms with Crippen molar-refractivity contribution in [2.75, 3.05) is 6.61 Å². The number of benzene rings is 1. The number of carbonyl (C=O) groups excluding carboxylic acids is 1. The van der Waals surface area contributed by atoms with E-state index in [0.29, 0.717) is 11.1 Å². The lowest BCUT2D eigenvalue weighted by molar-refractivity contribution is 0.104. The van der Waals surface area contributed by atoms with Gasteiger partial charge in [0, 0.05) is 11.9 Å². The van der Waals surface area contributed by atoms with E-state index in [4.69, 9.17) is 9.47 Å². The second-order valence-electron chi connectivity index (χ2n) is 4.55. The fraction of sp³-hybridized carbons (Fsp3) is 0.400. The van der Waals surface area contributed by atoms with Gasteiger partial charge >= 0.3 is 6.16 Å². The van der Waals surface area contributed by atoms with E-state index in [-0.39, 0.29) is 12.4 Å². The SMILES string of the molecule is CCCn1c(C)c(OC(=O)OCC)c2cc(O)ccc21. The summed E-state index contributed by atoms with van der Waals surface area (Å²) in [6.45, 7) is 6.77. The van der Waals surface area contributed by atoms with Crippen molar-refractivity contribution in [3.8, 4) is 11.5 Å². The minimum atomic E-state index is -0.727. The molecule has 5 heteroatoms. The Labute approximate surface area is 117 Å². The van der Waals surface area contributed by atoms with Gasteiger partial charge in [-0.15, -0.1) is 0 Å². The van der Waals surface area contributed by atoms with E-state index in [2.05, 4.69) is 11.5 Å². The van der Waals surface area contributed by atoms with E-state index in [9.17, 15) is 9.90 Å². The zero-order chi connectivity index (χ0) is 14.7. The normalized spacial score (nSPS) is 10.8. The Balaban J connectivity index is 2.53. The van der Waals surface area contributed by atoms with Gasteiger partial charge in [0.1, 0.15) is 5.75 Å². The molecule has 1 aromatic carbocycles. The number of aromatic hydroxyl groups is 1. The number of aromatic nitrogens is 1. The molecule has 0 saturated heterocycles. The summed E-state index contributed by atoms with van der Waals surface area (Å²) in [4.78, 5) is 11.5. The first-order chi connectivity index (χ1) is 9.58. The number of hydrogen-bond donors (Lipinski definition) is 1. The highest BCUT2D eigenvalue weighted by atomic mass is 16.7. The molecule has 0 radical (unpaired) electrons. The number of rotatable bonds is 4. The lowest BCUT2D eigenvalue weighted by Crippen LogP contribution is -2.11. The third-order valence-corrected chi connectivity index (χ3v) is 3.14. The molecule has 0 unspecified atom stereocenters. The Morgan fingerprint density at radius 2 is 2.10 bits per heavy atom. The van der Waals surface area contributed by atoms with Crippen LogP contribution in [0.25, 0.3) is 10.9 Å². The van der Waals surface area contributed by atoms with Crippen molar-refractivity contribution in [3.05, 3.63) is 23.9 Å². The summed E-state index contributed by atoms with van der Waals surface area (Å²) in [6, 6.07) is 5.05. The van der Waals surface area contributed by atoms with Gasteiger partial charge < -0.3 is 19.1 Å². The molecule has 20 heavy (non-hydrogen) atoms. The van der Waals surface area contributed by atoms with Crippen LogP contribution in [0.3, 0.4) is 0 Å². The van der Waals surface area contributed by atoms with Crippen molar-refractivity contribution in [2.24, 2.45) is 0 Å². The largest absolute Gasteiger partial charge is 0.513 e. The highest BCUT2D eigenvalue weighted by Crippen LogP contribution is 2.35. The summed E-state index contributed by atoms with van der Waals surface area (Å²) < 4.78 is 12.2. The van der Waals surface area contributed by atoms with Crippen LogP contribution in [-0.2, 0) is 11.3 Å². The number of ether oxygens (including phenoxy) is 2. The van der Waals surface area contributed by atoms with Gasteiger partial charge in [0.25, 0.3) is 0 Å². The number of nitrogens with zero attached hydrogens (tertiary/aromatic N) is 1. The summed E-state index contributed by atoms with van der Waals surface area (Å²) in [5.41, 5.74) is 1.78. The Morgan fingerprint density at radius 1 is 1.35 bits per heavy atom. The van der Waals surface area contributed by atoms with Gasteiger partial charge in [0.15, 0.2) is 5.75 Å². The van der Waals surface area contributed by atoms with Gasteiger partial charge in [0.05, 0.1) is 17.8 Å². The van der Waals surface area contributed by atoms with E-state index in [1.807, 2.05) is 13.0 Å². The number of carbonyl (C=O) groups is 1. The summed E-state index contributed by atoms with van der Waals surface area (Å²) in [7, 11) is 0. The second-order valence-corrected chi connectivity index (χ2v) is 4.55. The average molecular weight is 277 g/mol. The van der Waals surface area contributed by atoms with E-state index in [1.165, 1.54) is 0 Å². The molecule has 1 heterocycles. The van der Waals surface area contributed by atoms with Crippen molar-refractivity contribution in [1.82, 2.24) is 4.57 Å². The van der Waals surface area contributed by atoms with Gasteiger partial charge in [0.2, 0.25) is 0 Å². The van der Waals surface area contributed by atoms with E-state index in [0.717, 1.165) is 24.2 Å². The fourth-order valence-electron chi connectivity index (χ4n) is 2.31. The first-order valence-corrected chi connectivity index (χ1v) is 6.74. The van der Waals surface area contributed by atoms with Crippen LogP contribution in [0, 0.1) is 6.92 Å². The highest BCUT2D eigenvalue weighted by molar-refractivity contribution is 5.91. The third kappa shape index (κ3) is 2.57. The smallest absolute Gasteiger partial charge is 0.508 e. The molecule has 5 nitrogen and oxygen atoms in total. The van der Waals surface area contributed by atoms with Crippen LogP contribution in [0.1, 0.15) is 26.0 Å². The van der Waals surface area contributed by atoms with Crippen LogP contribution in [0.15, 0.2) is 18.2 Å². The number of aryl methyl sites for hydroxylation is 1. The van der Waals surface area contributed by atoms with Gasteiger partial charge in [-0.1, -0.05) is 6.92 Å². The molecule has 0 spiro atoms. The van der Waals surface area contributed by atoms with Crippen LogP contribution in [-0.4, -0.2) is 22.4 Å². The summed E-state index contributed by atoms with van der Waals surface area (Å²) >= 11 is 0. The molecule has 1 aromatic heterocycles. The van der Waals surface area contributed by atoms with Gasteiger partial charge in [-0.25, -0.2) is 4.79 Å². The predicted molar refractivity (Wildman–Crippen MR) is 76.3 cm³/mol. The minimum absolute atomic E-state index is 0.139. The standard InChI is InChI=1S/C15H19NO4/c1-4-8-16-10(3)14(20-15(18)19-5-2)12-9-11(17)6-7-13(12)16/h6-7,9,17H,4-5,8H2,1-3H3. The van der Waals surface area contributed by atoms with Crippen LogP contribution >= 0.6 is 0 Å². The van der Waals surface area contributed by atoms with Gasteiger partial charge in [-0.3, -0.25) is 0 Å². The summed E-state index contributed by atoms with van der Waals surface area (Å²) in [6.07, 6.45) is 0.235. The Morgan fingerprint density at radius 3 is 2.75 bits per heavy atom. The van der Waals surface area contributed by atoms with Crippen molar-refractivity contribution >= 4 is 17.1 Å². The highest BCUT2D eigenvalue weighted by Gasteiger charge is 2.18. The Hall–Kier alpha value is -2.17. The molecule has 0 aliphatic carbocycles. The maximum absolute atomic E-state index is 11.5. The predicted octanol–water partition coefficient (Wildman–Crippen LogP) is 3.60. The maximum Gasteiger partial charge on any atom is 0.513 e. The van der Waals surface area contributed by atoms with Crippen molar-refractivity contribution in [1.29, 1.82) is 0 Å². The molecule has 1 N–H and O–H groups in total. The molecule has 0 fully saturated rings. The molecule has 2 aromatic rings. The van der Waals surface area contributed by atoms with Crippen LogP contribution in [0.2, 0.25) is 0 Å². The average Bonchev–Trinajstić information content (AvgIpc) is 2.65. The molecular weight excluding hydrogens is 258 g/mol. The van der Waals surface area contributed by atoms with Crippen molar-refractivity contribution < 1.29 is 19.4 Å². The summed E-state index contributed by atoms with van der Waals surface area (Å²) in [5, 5.41) is 10.4. The van der Waals surface area contributed by atoms with Crippen LogP contribution < -0.4 is 4.74 Å². The summed E-state index contributed by atoms with van der Waals surface area (Å²) in [5.74, 6) is 0.586. The molecule has 0 aliphatic rings. The Kier molecular flexibility index (Phi) is 4.17. The second kappa shape index (κ2) is 5.86. The van der Waals surface area contributed by atoms with Gasteiger partial charge in [-0.2, -0.15) is 0 Å². The molecule has 108 valence electrons. The fourth-order valence-corrected chi connectivity index (χ4v) is 2.31. The number of phenolic OH excluding ortho intramolecular Hbond substituents is 1. The third-order valence-electron chi connectivity index (χ3n) is 3.14. The van der Waals surface area contributed by atoms with E-state index < -0.39 is 6.16 Å². The zero-order valence-corrected chi connectivity index (χ0v) is 12.0. The quantitative estimate of drug-likeness (QED) is 0.867. The lowest BCUT2D eigenvalue weighted by Gasteiger charge is -2.06. The topological polar surface area (TPSA) is 60.7 Å². The minimum Gasteiger partial charge on any atom is -0.508 e. The Bertz CT molecular complexity index is 630. The van der Waals surface area contributed by atoms with Crippen molar-refractivity contribution in [2.45, 2.75) is 33.7 Å². The molecule has 0 bridgehead atoms. The van der Waals surface area contributed by atoms with Crippen molar-refractivity contribution in [3.63, 3.8) is 0 Å². The first kappa shape index (κ1) is 14.2.